The fourth-order valence-electron chi connectivity index (χ4n) is 4.30. The third-order valence-corrected chi connectivity index (χ3v) is 8.12. The number of sulfone groups is 1. The minimum absolute atomic E-state index is 0.0490. The van der Waals surface area contributed by atoms with Gasteiger partial charge in [0, 0.05) is 44.5 Å². The number of hydrogen-bond acceptors (Lipinski definition) is 3. The van der Waals surface area contributed by atoms with Crippen LogP contribution in [0.3, 0.4) is 0 Å². The highest BCUT2D eigenvalue weighted by atomic mass is 35.5. The van der Waals surface area contributed by atoms with Crippen molar-refractivity contribution in [2.75, 3.05) is 11.5 Å². The number of nitrogens with zero attached hydrogens (tertiary/aromatic N) is 1. The van der Waals surface area contributed by atoms with Gasteiger partial charge in [0.25, 0.3) is 5.91 Å². The summed E-state index contributed by atoms with van der Waals surface area (Å²) >= 11 is 12.5. The van der Waals surface area contributed by atoms with Gasteiger partial charge in [-0.05, 0) is 66.6 Å². The maximum atomic E-state index is 13.6. The molecular weight excluding hydrogens is 498 g/mol. The van der Waals surface area contributed by atoms with Crippen LogP contribution in [0.4, 0.5) is 4.39 Å². The lowest BCUT2D eigenvalue weighted by Gasteiger charge is -2.12. The largest absolute Gasteiger partial charge is 0.348 e. The molecule has 0 bridgehead atoms. The van der Waals surface area contributed by atoms with Crippen LogP contribution in [0.15, 0.2) is 66.9 Å². The zero-order chi connectivity index (χ0) is 24.0. The van der Waals surface area contributed by atoms with Crippen LogP contribution >= 0.6 is 23.2 Å². The van der Waals surface area contributed by atoms with Gasteiger partial charge in [-0.3, -0.25) is 4.79 Å². The minimum Gasteiger partial charge on any atom is -0.348 e. The summed E-state index contributed by atoms with van der Waals surface area (Å²) in [4.78, 5) is 12.9. The maximum Gasteiger partial charge on any atom is 0.251 e. The van der Waals surface area contributed by atoms with E-state index in [2.05, 4.69) is 5.32 Å². The average molecular weight is 517 g/mol. The Hall–Kier alpha value is -2.87. The summed E-state index contributed by atoms with van der Waals surface area (Å²) in [5.41, 5.74) is 3.48. The van der Waals surface area contributed by atoms with Gasteiger partial charge in [-0.2, -0.15) is 0 Å². The predicted molar refractivity (Wildman–Crippen MR) is 133 cm³/mol. The Morgan fingerprint density at radius 3 is 2.35 bits per heavy atom. The van der Waals surface area contributed by atoms with Gasteiger partial charge in [0.1, 0.15) is 5.82 Å². The summed E-state index contributed by atoms with van der Waals surface area (Å²) < 4.78 is 38.9. The highest BCUT2D eigenvalue weighted by Crippen LogP contribution is 2.36. The predicted octanol–water partition coefficient (Wildman–Crippen LogP) is 5.66. The second kappa shape index (κ2) is 8.73. The number of nitrogens with one attached hydrogen (secondary N) is 1. The topological polar surface area (TPSA) is 68.2 Å². The van der Waals surface area contributed by atoms with Crippen LogP contribution in [-0.4, -0.2) is 36.4 Å². The third kappa shape index (κ3) is 4.56. The van der Waals surface area contributed by atoms with Crippen molar-refractivity contribution in [2.45, 2.75) is 12.5 Å². The van der Waals surface area contributed by atoms with Crippen LogP contribution in [0.2, 0.25) is 10.0 Å². The van der Waals surface area contributed by atoms with E-state index in [0.717, 1.165) is 22.0 Å². The standard InChI is InChI=1S/C25H19Cl2FN2O3S/c26-17-9-16(10-18(27)12-17)23-13-30(21-4-2-19(28)3-5-21)24-11-15(1-6-22(23)24)25(31)29-20-7-8-34(32,33)14-20/h1-6,9-13,20H,7-8,14H2,(H,29,31). The lowest BCUT2D eigenvalue weighted by atomic mass is 10.0. The van der Waals surface area contributed by atoms with E-state index in [4.69, 9.17) is 23.2 Å². The van der Waals surface area contributed by atoms with Crippen LogP contribution < -0.4 is 5.32 Å². The van der Waals surface area contributed by atoms with Crippen molar-refractivity contribution in [3.63, 3.8) is 0 Å². The monoisotopic (exact) mass is 516 g/mol. The van der Waals surface area contributed by atoms with E-state index in [9.17, 15) is 17.6 Å². The first kappa shape index (κ1) is 22.9. The summed E-state index contributed by atoms with van der Waals surface area (Å²) in [5.74, 6) is -0.667. The SMILES string of the molecule is O=C(NC1CCS(=O)(=O)C1)c1ccc2c(-c3cc(Cl)cc(Cl)c3)cn(-c3ccc(F)cc3)c2c1. The molecule has 0 aliphatic carbocycles. The van der Waals surface area contributed by atoms with E-state index in [1.807, 2.05) is 16.8 Å². The second-order valence-electron chi connectivity index (χ2n) is 8.35. The van der Waals surface area contributed by atoms with Gasteiger partial charge < -0.3 is 9.88 Å². The normalized spacial score (nSPS) is 17.2. The molecule has 1 saturated heterocycles. The molecule has 1 aliphatic heterocycles. The van der Waals surface area contributed by atoms with Gasteiger partial charge in [0.05, 0.1) is 17.0 Å². The summed E-state index contributed by atoms with van der Waals surface area (Å²) in [6.45, 7) is 0. The molecule has 4 aromatic rings. The number of rotatable bonds is 4. The number of hydrogen-bond donors (Lipinski definition) is 1. The number of carbonyl (C=O) groups is 1. The van der Waals surface area contributed by atoms with Gasteiger partial charge in [0.15, 0.2) is 9.84 Å². The number of aromatic nitrogens is 1. The Kier molecular flexibility index (Phi) is 5.88. The highest BCUT2D eigenvalue weighted by molar-refractivity contribution is 7.91. The summed E-state index contributed by atoms with van der Waals surface area (Å²) in [6.07, 6.45) is 2.30. The Balaban J connectivity index is 1.61. The van der Waals surface area contributed by atoms with E-state index in [-0.39, 0.29) is 23.2 Å². The van der Waals surface area contributed by atoms with Crippen LogP contribution in [0.5, 0.6) is 0 Å². The Labute approximate surface area is 206 Å². The van der Waals surface area contributed by atoms with E-state index in [1.165, 1.54) is 12.1 Å². The average Bonchev–Trinajstić information content (AvgIpc) is 3.32. The minimum atomic E-state index is -3.11. The lowest BCUT2D eigenvalue weighted by molar-refractivity contribution is 0.0941. The molecule has 5 nitrogen and oxygen atoms in total. The molecule has 1 aromatic heterocycles. The van der Waals surface area contributed by atoms with Crippen LogP contribution in [0.25, 0.3) is 27.7 Å². The molecule has 1 fully saturated rings. The first-order valence-corrected chi connectivity index (χ1v) is 13.1. The first-order valence-electron chi connectivity index (χ1n) is 10.6. The van der Waals surface area contributed by atoms with Gasteiger partial charge in [-0.1, -0.05) is 29.3 Å². The molecule has 1 unspecified atom stereocenters. The molecule has 0 spiro atoms. The van der Waals surface area contributed by atoms with Crippen molar-refractivity contribution >= 4 is 49.8 Å². The zero-order valence-corrected chi connectivity index (χ0v) is 20.1. The molecule has 0 saturated carbocycles. The first-order chi connectivity index (χ1) is 16.2. The second-order valence-corrected chi connectivity index (χ2v) is 11.5. The number of carbonyl (C=O) groups excluding carboxylic acids is 1. The van der Waals surface area contributed by atoms with Crippen LogP contribution in [0.1, 0.15) is 16.8 Å². The van der Waals surface area contributed by atoms with E-state index < -0.39 is 15.9 Å². The molecule has 174 valence electrons. The van der Waals surface area contributed by atoms with E-state index in [0.29, 0.717) is 27.7 Å². The molecule has 1 atom stereocenters. The lowest BCUT2D eigenvalue weighted by Crippen LogP contribution is -2.35. The van der Waals surface area contributed by atoms with E-state index in [1.54, 1.807) is 42.5 Å². The zero-order valence-electron chi connectivity index (χ0n) is 17.8. The quantitative estimate of drug-likeness (QED) is 0.380. The number of halogens is 3. The van der Waals surface area contributed by atoms with Gasteiger partial charge in [-0.25, -0.2) is 12.8 Å². The van der Waals surface area contributed by atoms with Gasteiger partial charge in [-0.15, -0.1) is 0 Å². The summed E-state index contributed by atoms with van der Waals surface area (Å²) in [5, 5.41) is 4.66. The molecule has 0 radical (unpaired) electrons. The maximum absolute atomic E-state index is 13.6. The molecule has 1 N–H and O–H groups in total. The van der Waals surface area contributed by atoms with Crippen molar-refractivity contribution in [1.29, 1.82) is 0 Å². The summed E-state index contributed by atoms with van der Waals surface area (Å²) in [6, 6.07) is 16.2. The van der Waals surface area contributed by atoms with Crippen LogP contribution in [0, 0.1) is 5.82 Å². The van der Waals surface area contributed by atoms with Crippen molar-refractivity contribution < 1.29 is 17.6 Å². The molecule has 2 heterocycles. The van der Waals surface area contributed by atoms with Gasteiger partial charge >= 0.3 is 0 Å². The fraction of sp³-hybridized carbons (Fsp3) is 0.160. The highest BCUT2D eigenvalue weighted by Gasteiger charge is 2.29. The molecule has 34 heavy (non-hydrogen) atoms. The van der Waals surface area contributed by atoms with Crippen LogP contribution in [-0.2, 0) is 9.84 Å². The Morgan fingerprint density at radius 1 is 1.00 bits per heavy atom. The molecule has 1 aliphatic rings. The fourth-order valence-corrected chi connectivity index (χ4v) is 6.50. The van der Waals surface area contributed by atoms with Crippen molar-refractivity contribution in [2.24, 2.45) is 0 Å². The Bertz CT molecular complexity index is 1510. The molecule has 5 rings (SSSR count). The van der Waals surface area contributed by atoms with Gasteiger partial charge in [0.2, 0.25) is 0 Å². The molecule has 9 heteroatoms. The van der Waals surface area contributed by atoms with Crippen molar-refractivity contribution in [3.05, 3.63) is 88.3 Å². The van der Waals surface area contributed by atoms with Crippen molar-refractivity contribution in [1.82, 2.24) is 9.88 Å². The number of amides is 1. The molecular formula is C25H19Cl2FN2O3S. The molecule has 3 aromatic carbocycles. The van der Waals surface area contributed by atoms with Crippen molar-refractivity contribution in [3.8, 4) is 16.8 Å². The third-order valence-electron chi connectivity index (χ3n) is 5.91. The summed E-state index contributed by atoms with van der Waals surface area (Å²) in [7, 11) is -3.11. The Morgan fingerprint density at radius 2 is 1.71 bits per heavy atom. The number of fused-ring (bicyclic) bond motifs is 1. The smallest absolute Gasteiger partial charge is 0.251 e. The molecule has 1 amide bonds. The van der Waals surface area contributed by atoms with E-state index >= 15 is 0 Å². The number of benzene rings is 3.